The Balaban J connectivity index is 3.36. The molecule has 0 aromatic heterocycles. The molecule has 4 heteroatoms. The molecule has 0 amide bonds. The van der Waals surface area contributed by atoms with Crippen LogP contribution in [0.5, 0.6) is 0 Å². The molecule has 82 valence electrons. The molecule has 0 spiro atoms. The molecule has 1 nitrogen and oxygen atoms in total. The van der Waals surface area contributed by atoms with Crippen molar-refractivity contribution in [2.75, 3.05) is 0 Å². The summed E-state index contributed by atoms with van der Waals surface area (Å²) in [4.78, 5) is 0. The van der Waals surface area contributed by atoms with Gasteiger partial charge in [-0.3, -0.25) is 0 Å². The molecule has 0 radical (unpaired) electrons. The van der Waals surface area contributed by atoms with Gasteiger partial charge in [-0.2, -0.15) is 18.4 Å². The first-order chi connectivity index (χ1) is 7.40. The van der Waals surface area contributed by atoms with Gasteiger partial charge < -0.3 is 0 Å². The van der Waals surface area contributed by atoms with Crippen LogP contribution in [0.1, 0.15) is 29.5 Å². The van der Waals surface area contributed by atoms with Crippen molar-refractivity contribution in [2.45, 2.75) is 19.0 Å². The van der Waals surface area contributed by atoms with E-state index in [4.69, 9.17) is 11.7 Å². The predicted molar refractivity (Wildman–Crippen MR) is 53.4 cm³/mol. The lowest BCUT2D eigenvalue weighted by Crippen LogP contribution is -2.09. The highest BCUT2D eigenvalue weighted by atomic mass is 19.4. The van der Waals surface area contributed by atoms with Gasteiger partial charge in [-0.1, -0.05) is 12.0 Å². The fraction of sp³-hybridized carbons (Fsp3) is 0.250. The molecule has 1 aromatic rings. The Labute approximate surface area is 91.5 Å². The number of nitriles is 1. The van der Waals surface area contributed by atoms with Gasteiger partial charge >= 0.3 is 6.18 Å². The van der Waals surface area contributed by atoms with E-state index in [9.17, 15) is 13.2 Å². The second kappa shape index (κ2) is 4.28. The fourth-order valence-electron chi connectivity index (χ4n) is 1.26. The molecular weight excluding hydrogens is 215 g/mol. The van der Waals surface area contributed by atoms with Gasteiger partial charge in [-0.05, 0) is 24.6 Å². The SMILES string of the molecule is C#CC(C)c1ccc(C#N)c(C(F)(F)F)c1. The average Bonchev–Trinajstić information content (AvgIpc) is 2.26. The summed E-state index contributed by atoms with van der Waals surface area (Å²) in [5, 5.41) is 8.58. The molecule has 0 N–H and O–H groups in total. The summed E-state index contributed by atoms with van der Waals surface area (Å²) >= 11 is 0. The van der Waals surface area contributed by atoms with Crippen LogP contribution in [0.4, 0.5) is 13.2 Å². The molecule has 0 heterocycles. The van der Waals surface area contributed by atoms with Crippen LogP contribution >= 0.6 is 0 Å². The smallest absolute Gasteiger partial charge is 0.192 e. The zero-order valence-corrected chi connectivity index (χ0v) is 8.47. The Morgan fingerprint density at radius 2 is 2.00 bits per heavy atom. The standard InChI is InChI=1S/C12H8F3N/c1-3-8(2)9-4-5-10(7-16)11(6-9)12(13,14)15/h1,4-6,8H,2H3. The number of nitrogens with zero attached hydrogens (tertiary/aromatic N) is 1. The van der Waals surface area contributed by atoms with E-state index in [1.807, 2.05) is 0 Å². The second-order valence-electron chi connectivity index (χ2n) is 3.30. The van der Waals surface area contributed by atoms with Crippen molar-refractivity contribution in [2.24, 2.45) is 0 Å². The molecule has 16 heavy (non-hydrogen) atoms. The van der Waals surface area contributed by atoms with Crippen LogP contribution < -0.4 is 0 Å². The van der Waals surface area contributed by atoms with Gasteiger partial charge in [-0.25, -0.2) is 0 Å². The van der Waals surface area contributed by atoms with Gasteiger partial charge in [0, 0.05) is 5.92 Å². The quantitative estimate of drug-likeness (QED) is 0.670. The highest BCUT2D eigenvalue weighted by Crippen LogP contribution is 2.33. The van der Waals surface area contributed by atoms with Crippen molar-refractivity contribution in [1.29, 1.82) is 5.26 Å². The Hall–Kier alpha value is -1.94. The van der Waals surface area contributed by atoms with Crippen LogP contribution in [0.2, 0.25) is 0 Å². The van der Waals surface area contributed by atoms with Gasteiger partial charge in [0.05, 0.1) is 17.2 Å². The summed E-state index contributed by atoms with van der Waals surface area (Å²) in [6.45, 7) is 1.63. The fourth-order valence-corrected chi connectivity index (χ4v) is 1.26. The molecule has 0 aliphatic carbocycles. The van der Waals surface area contributed by atoms with E-state index in [2.05, 4.69) is 5.92 Å². The van der Waals surface area contributed by atoms with Crippen LogP contribution in [0, 0.1) is 23.7 Å². The average molecular weight is 223 g/mol. The Bertz CT molecular complexity index is 475. The normalized spacial score (nSPS) is 12.6. The maximum absolute atomic E-state index is 12.6. The predicted octanol–water partition coefficient (Wildman–Crippen LogP) is 3.31. The summed E-state index contributed by atoms with van der Waals surface area (Å²) in [6.07, 6.45) is 0.605. The summed E-state index contributed by atoms with van der Waals surface area (Å²) in [5.74, 6) is 1.94. The Morgan fingerprint density at radius 1 is 1.38 bits per heavy atom. The van der Waals surface area contributed by atoms with Gasteiger partial charge in [-0.15, -0.1) is 6.42 Å². The van der Waals surface area contributed by atoms with Gasteiger partial charge in [0.1, 0.15) is 0 Å². The zero-order chi connectivity index (χ0) is 12.3. The monoisotopic (exact) mass is 223 g/mol. The number of terminal acetylenes is 1. The third kappa shape index (κ3) is 2.35. The third-order valence-electron chi connectivity index (χ3n) is 2.22. The third-order valence-corrected chi connectivity index (χ3v) is 2.22. The lowest BCUT2D eigenvalue weighted by Gasteiger charge is -2.12. The highest BCUT2D eigenvalue weighted by Gasteiger charge is 2.33. The zero-order valence-electron chi connectivity index (χ0n) is 8.47. The maximum Gasteiger partial charge on any atom is 0.417 e. The summed E-state index contributed by atoms with van der Waals surface area (Å²) in [5.41, 5.74) is -0.941. The van der Waals surface area contributed by atoms with Crippen molar-refractivity contribution >= 4 is 0 Å². The first kappa shape index (κ1) is 12.1. The lowest BCUT2D eigenvalue weighted by molar-refractivity contribution is -0.137. The lowest BCUT2D eigenvalue weighted by atomic mass is 9.97. The van der Waals surface area contributed by atoms with Gasteiger partial charge in [0.2, 0.25) is 0 Å². The van der Waals surface area contributed by atoms with Crippen molar-refractivity contribution in [3.63, 3.8) is 0 Å². The minimum atomic E-state index is -4.53. The molecular formula is C12H8F3N. The molecule has 0 fully saturated rings. The summed E-state index contributed by atoms with van der Waals surface area (Å²) in [6, 6.07) is 5.04. The number of hydrogen-bond donors (Lipinski definition) is 0. The molecule has 1 rings (SSSR count). The van der Waals surface area contributed by atoms with E-state index >= 15 is 0 Å². The number of halogens is 3. The largest absolute Gasteiger partial charge is 0.417 e. The van der Waals surface area contributed by atoms with E-state index in [0.717, 1.165) is 12.1 Å². The number of hydrogen-bond acceptors (Lipinski definition) is 1. The maximum atomic E-state index is 12.6. The highest BCUT2D eigenvalue weighted by molar-refractivity contribution is 5.43. The topological polar surface area (TPSA) is 23.8 Å². The minimum absolute atomic E-state index is 0.383. The number of rotatable bonds is 1. The molecule has 0 aliphatic heterocycles. The van der Waals surface area contributed by atoms with Crippen LogP contribution in [0.3, 0.4) is 0 Å². The van der Waals surface area contributed by atoms with E-state index in [1.54, 1.807) is 6.92 Å². The molecule has 1 aromatic carbocycles. The van der Waals surface area contributed by atoms with E-state index in [1.165, 1.54) is 12.1 Å². The molecule has 0 saturated heterocycles. The van der Waals surface area contributed by atoms with Crippen molar-refractivity contribution in [1.82, 2.24) is 0 Å². The second-order valence-corrected chi connectivity index (χ2v) is 3.30. The molecule has 0 saturated carbocycles. The van der Waals surface area contributed by atoms with Crippen LogP contribution in [-0.2, 0) is 6.18 Å². The van der Waals surface area contributed by atoms with Crippen molar-refractivity contribution < 1.29 is 13.2 Å². The summed E-state index contributed by atoms with van der Waals surface area (Å²) in [7, 11) is 0. The van der Waals surface area contributed by atoms with Crippen molar-refractivity contribution in [3.8, 4) is 18.4 Å². The molecule has 0 bridgehead atoms. The van der Waals surface area contributed by atoms with E-state index in [-0.39, 0.29) is 5.56 Å². The Kier molecular flexibility index (Phi) is 3.25. The number of alkyl halides is 3. The first-order valence-corrected chi connectivity index (χ1v) is 4.47. The number of benzene rings is 1. The van der Waals surface area contributed by atoms with Gasteiger partial charge in [0.15, 0.2) is 0 Å². The van der Waals surface area contributed by atoms with Crippen LogP contribution in [-0.4, -0.2) is 0 Å². The summed E-state index contributed by atoms with van der Waals surface area (Å²) < 4.78 is 37.7. The minimum Gasteiger partial charge on any atom is -0.192 e. The first-order valence-electron chi connectivity index (χ1n) is 4.47. The van der Waals surface area contributed by atoms with E-state index in [0.29, 0.717) is 5.56 Å². The van der Waals surface area contributed by atoms with Crippen LogP contribution in [0.15, 0.2) is 18.2 Å². The van der Waals surface area contributed by atoms with Gasteiger partial charge in [0.25, 0.3) is 0 Å². The molecule has 1 atom stereocenters. The van der Waals surface area contributed by atoms with Crippen molar-refractivity contribution in [3.05, 3.63) is 34.9 Å². The van der Waals surface area contributed by atoms with Crippen LogP contribution in [0.25, 0.3) is 0 Å². The molecule has 1 unspecified atom stereocenters. The Morgan fingerprint density at radius 3 is 2.44 bits per heavy atom. The molecule has 0 aliphatic rings. The van der Waals surface area contributed by atoms with E-state index < -0.39 is 17.7 Å².